The molecule has 0 fully saturated rings. The molecule has 0 aliphatic carbocycles. The zero-order valence-corrected chi connectivity index (χ0v) is 7.58. The van der Waals surface area contributed by atoms with Gasteiger partial charge in [0.1, 0.15) is 6.61 Å². The van der Waals surface area contributed by atoms with Crippen molar-refractivity contribution >= 4 is 5.97 Å². The molecule has 12 heavy (non-hydrogen) atoms. The highest BCUT2D eigenvalue weighted by Gasteiger charge is 2.03. The molecular formula is C9H17NO2. The SMILES string of the molecule is C=CC(=O)OCC(N)CCCC. The number of unbranched alkanes of at least 4 members (excludes halogenated alkanes) is 1. The van der Waals surface area contributed by atoms with Crippen LogP contribution in [0, 0.1) is 0 Å². The third-order valence-corrected chi connectivity index (χ3v) is 1.53. The van der Waals surface area contributed by atoms with Crippen molar-refractivity contribution in [1.82, 2.24) is 0 Å². The molecule has 0 saturated heterocycles. The molecule has 0 aliphatic heterocycles. The van der Waals surface area contributed by atoms with Crippen LogP contribution in [-0.2, 0) is 9.53 Å². The fourth-order valence-electron chi connectivity index (χ4n) is 0.798. The van der Waals surface area contributed by atoms with Gasteiger partial charge in [0, 0.05) is 12.1 Å². The summed E-state index contributed by atoms with van der Waals surface area (Å²) >= 11 is 0. The van der Waals surface area contributed by atoms with E-state index in [-0.39, 0.29) is 6.04 Å². The first-order chi connectivity index (χ1) is 5.70. The molecule has 3 nitrogen and oxygen atoms in total. The van der Waals surface area contributed by atoms with Crippen LogP contribution in [0.2, 0.25) is 0 Å². The number of carbonyl (C=O) groups excluding carboxylic acids is 1. The molecule has 0 heterocycles. The number of nitrogens with two attached hydrogens (primary N) is 1. The molecule has 0 aromatic carbocycles. The average molecular weight is 171 g/mol. The summed E-state index contributed by atoms with van der Waals surface area (Å²) in [6.45, 7) is 5.68. The molecule has 0 amide bonds. The summed E-state index contributed by atoms with van der Waals surface area (Å²) in [7, 11) is 0. The smallest absolute Gasteiger partial charge is 0.330 e. The minimum Gasteiger partial charge on any atom is -0.461 e. The molecule has 0 radical (unpaired) electrons. The summed E-state index contributed by atoms with van der Waals surface area (Å²) in [5.41, 5.74) is 5.65. The Labute approximate surface area is 73.6 Å². The largest absolute Gasteiger partial charge is 0.461 e. The molecule has 1 unspecified atom stereocenters. The first-order valence-corrected chi connectivity index (χ1v) is 4.25. The summed E-state index contributed by atoms with van der Waals surface area (Å²) in [4.78, 5) is 10.6. The zero-order valence-electron chi connectivity index (χ0n) is 7.58. The standard InChI is InChI=1S/C9H17NO2/c1-3-5-6-8(10)7-12-9(11)4-2/h4,8H,2-3,5-7,10H2,1H3. The lowest BCUT2D eigenvalue weighted by Crippen LogP contribution is -2.27. The van der Waals surface area contributed by atoms with E-state index in [1.807, 2.05) is 0 Å². The van der Waals surface area contributed by atoms with Crippen LogP contribution in [0.25, 0.3) is 0 Å². The maximum Gasteiger partial charge on any atom is 0.330 e. The first kappa shape index (κ1) is 11.2. The van der Waals surface area contributed by atoms with E-state index in [2.05, 4.69) is 13.5 Å². The Morgan fingerprint density at radius 2 is 2.42 bits per heavy atom. The Hall–Kier alpha value is -0.830. The molecule has 0 spiro atoms. The van der Waals surface area contributed by atoms with Gasteiger partial charge in [-0.3, -0.25) is 0 Å². The van der Waals surface area contributed by atoms with Crippen LogP contribution in [0.3, 0.4) is 0 Å². The number of carbonyl (C=O) groups is 1. The Bertz CT molecular complexity index is 145. The van der Waals surface area contributed by atoms with Crippen LogP contribution in [0.1, 0.15) is 26.2 Å². The Morgan fingerprint density at radius 1 is 1.75 bits per heavy atom. The van der Waals surface area contributed by atoms with Gasteiger partial charge in [0.25, 0.3) is 0 Å². The summed E-state index contributed by atoms with van der Waals surface area (Å²) in [5, 5.41) is 0. The molecule has 0 aliphatic rings. The average Bonchev–Trinajstić information content (AvgIpc) is 2.10. The van der Waals surface area contributed by atoms with Gasteiger partial charge in [0.05, 0.1) is 0 Å². The molecule has 1 atom stereocenters. The third kappa shape index (κ3) is 5.92. The minimum atomic E-state index is -0.401. The second-order valence-electron chi connectivity index (χ2n) is 2.74. The molecule has 3 heteroatoms. The van der Waals surface area contributed by atoms with Crippen LogP contribution in [-0.4, -0.2) is 18.6 Å². The molecule has 70 valence electrons. The van der Waals surface area contributed by atoms with Crippen molar-refractivity contribution in [3.63, 3.8) is 0 Å². The third-order valence-electron chi connectivity index (χ3n) is 1.53. The molecule has 0 bridgehead atoms. The van der Waals surface area contributed by atoms with Crippen LogP contribution >= 0.6 is 0 Å². The van der Waals surface area contributed by atoms with Gasteiger partial charge in [-0.2, -0.15) is 0 Å². The van der Waals surface area contributed by atoms with Crippen molar-refractivity contribution in [2.24, 2.45) is 5.73 Å². The fraction of sp³-hybridized carbons (Fsp3) is 0.667. The summed E-state index contributed by atoms with van der Waals surface area (Å²) in [6, 6.07) is -0.0335. The van der Waals surface area contributed by atoms with Gasteiger partial charge in [-0.15, -0.1) is 0 Å². The van der Waals surface area contributed by atoms with Gasteiger partial charge < -0.3 is 10.5 Å². The Kier molecular flexibility index (Phi) is 6.38. The van der Waals surface area contributed by atoms with E-state index in [1.165, 1.54) is 0 Å². The van der Waals surface area contributed by atoms with E-state index in [4.69, 9.17) is 10.5 Å². The monoisotopic (exact) mass is 171 g/mol. The minimum absolute atomic E-state index is 0.0335. The van der Waals surface area contributed by atoms with Crippen molar-refractivity contribution in [2.75, 3.05) is 6.61 Å². The summed E-state index contributed by atoms with van der Waals surface area (Å²) in [6.07, 6.45) is 4.24. The van der Waals surface area contributed by atoms with Gasteiger partial charge in [-0.25, -0.2) is 4.79 Å². The van der Waals surface area contributed by atoms with Crippen LogP contribution in [0.15, 0.2) is 12.7 Å². The van der Waals surface area contributed by atoms with Crippen molar-refractivity contribution in [2.45, 2.75) is 32.2 Å². The lowest BCUT2D eigenvalue weighted by atomic mass is 10.1. The van der Waals surface area contributed by atoms with Crippen molar-refractivity contribution in [3.8, 4) is 0 Å². The molecule has 0 rings (SSSR count). The predicted molar refractivity (Wildman–Crippen MR) is 48.7 cm³/mol. The molecule has 0 saturated carbocycles. The molecule has 0 aromatic rings. The second-order valence-corrected chi connectivity index (χ2v) is 2.74. The number of hydrogen-bond acceptors (Lipinski definition) is 3. The van der Waals surface area contributed by atoms with Crippen LogP contribution in [0.4, 0.5) is 0 Å². The number of rotatable bonds is 6. The van der Waals surface area contributed by atoms with Gasteiger partial charge in [0.2, 0.25) is 0 Å². The normalized spacial score (nSPS) is 12.2. The highest BCUT2D eigenvalue weighted by Crippen LogP contribution is 1.98. The molecule has 0 aromatic heterocycles. The Morgan fingerprint density at radius 3 is 2.92 bits per heavy atom. The second kappa shape index (κ2) is 6.85. The Balaban J connectivity index is 3.36. The number of hydrogen-bond donors (Lipinski definition) is 1. The van der Waals surface area contributed by atoms with Gasteiger partial charge >= 0.3 is 5.97 Å². The van der Waals surface area contributed by atoms with Crippen molar-refractivity contribution in [3.05, 3.63) is 12.7 Å². The summed E-state index contributed by atoms with van der Waals surface area (Å²) < 4.78 is 4.77. The predicted octanol–water partition coefficient (Wildman–Crippen LogP) is 1.23. The van der Waals surface area contributed by atoms with Crippen LogP contribution < -0.4 is 5.73 Å². The highest BCUT2D eigenvalue weighted by molar-refractivity contribution is 5.81. The lowest BCUT2D eigenvalue weighted by Gasteiger charge is -2.09. The summed E-state index contributed by atoms with van der Waals surface area (Å²) in [5.74, 6) is -0.401. The highest BCUT2D eigenvalue weighted by atomic mass is 16.5. The first-order valence-electron chi connectivity index (χ1n) is 4.25. The fourth-order valence-corrected chi connectivity index (χ4v) is 0.798. The maximum atomic E-state index is 10.6. The zero-order chi connectivity index (χ0) is 9.40. The van der Waals surface area contributed by atoms with E-state index < -0.39 is 5.97 Å². The quantitative estimate of drug-likeness (QED) is 0.483. The van der Waals surface area contributed by atoms with E-state index in [9.17, 15) is 4.79 Å². The van der Waals surface area contributed by atoms with Gasteiger partial charge in [-0.1, -0.05) is 26.3 Å². The number of esters is 1. The van der Waals surface area contributed by atoms with Gasteiger partial charge in [0.15, 0.2) is 0 Å². The maximum absolute atomic E-state index is 10.6. The number of ether oxygens (including phenoxy) is 1. The lowest BCUT2D eigenvalue weighted by molar-refractivity contribution is -0.138. The van der Waals surface area contributed by atoms with Gasteiger partial charge in [-0.05, 0) is 6.42 Å². The van der Waals surface area contributed by atoms with E-state index in [1.54, 1.807) is 0 Å². The molecular weight excluding hydrogens is 154 g/mol. The van der Waals surface area contributed by atoms with E-state index in [0.717, 1.165) is 25.3 Å². The van der Waals surface area contributed by atoms with E-state index >= 15 is 0 Å². The molecule has 2 N–H and O–H groups in total. The topological polar surface area (TPSA) is 52.3 Å². The van der Waals surface area contributed by atoms with Crippen LogP contribution in [0.5, 0.6) is 0 Å². The van der Waals surface area contributed by atoms with E-state index in [0.29, 0.717) is 6.61 Å². The van der Waals surface area contributed by atoms with Crippen molar-refractivity contribution in [1.29, 1.82) is 0 Å². The van der Waals surface area contributed by atoms with Crippen molar-refractivity contribution < 1.29 is 9.53 Å².